The lowest BCUT2D eigenvalue weighted by Gasteiger charge is -2.56. The Morgan fingerprint density at radius 1 is 1.45 bits per heavy atom. The zero-order valence-corrected chi connectivity index (χ0v) is 13.0. The molecule has 1 aromatic rings. The second kappa shape index (κ2) is 4.86. The molecule has 118 valence electrons. The minimum Gasteiger partial charge on any atom is -0.465 e. The predicted molar refractivity (Wildman–Crippen MR) is 79.9 cm³/mol. The summed E-state index contributed by atoms with van der Waals surface area (Å²) >= 11 is 0. The summed E-state index contributed by atoms with van der Waals surface area (Å²) in [5.41, 5.74) is 1.06. The first kappa shape index (κ1) is 13.9. The number of carbonyl (C=O) groups excluding carboxylic acids is 2. The molecular formula is C17H22N2O3. The molecule has 5 nitrogen and oxygen atoms in total. The van der Waals surface area contributed by atoms with Gasteiger partial charge in [-0.2, -0.15) is 0 Å². The number of carbonyl (C=O) groups is 2. The molecule has 0 radical (unpaired) electrons. The maximum Gasteiger partial charge on any atom is 0.318 e. The molecule has 0 N–H and O–H groups in total. The average molecular weight is 302 g/mol. The van der Waals surface area contributed by atoms with Crippen LogP contribution in [0.3, 0.4) is 0 Å². The Morgan fingerprint density at radius 2 is 2.32 bits per heavy atom. The van der Waals surface area contributed by atoms with Gasteiger partial charge in [-0.1, -0.05) is 6.42 Å². The average Bonchev–Trinajstić information content (AvgIpc) is 2.97. The van der Waals surface area contributed by atoms with Crippen LogP contribution in [0.15, 0.2) is 18.3 Å². The van der Waals surface area contributed by atoms with Crippen LogP contribution in [0.25, 0.3) is 0 Å². The van der Waals surface area contributed by atoms with E-state index in [1.54, 1.807) is 6.92 Å². The Kier molecular flexibility index (Phi) is 3.06. The zero-order valence-electron chi connectivity index (χ0n) is 13.0. The number of fused-ring (bicyclic) bond motifs is 2. The first-order valence-electron chi connectivity index (χ1n) is 8.31. The number of ether oxygens (including phenoxy) is 1. The number of hydrogen-bond acceptors (Lipinski definition) is 3. The molecule has 1 aromatic heterocycles. The molecule has 2 fully saturated rings. The summed E-state index contributed by atoms with van der Waals surface area (Å²) in [5, 5.41) is 0. The van der Waals surface area contributed by atoms with Crippen molar-refractivity contribution >= 4 is 11.9 Å². The van der Waals surface area contributed by atoms with Crippen LogP contribution in [0.1, 0.15) is 38.3 Å². The first-order chi connectivity index (χ1) is 10.7. The fourth-order valence-electron chi connectivity index (χ4n) is 4.86. The van der Waals surface area contributed by atoms with Crippen molar-refractivity contribution in [1.82, 2.24) is 9.47 Å². The lowest BCUT2D eigenvalue weighted by Crippen LogP contribution is -2.64. The van der Waals surface area contributed by atoms with Gasteiger partial charge in [0.25, 0.3) is 0 Å². The number of amides is 1. The van der Waals surface area contributed by atoms with E-state index in [1.165, 1.54) is 5.69 Å². The van der Waals surface area contributed by atoms with E-state index < -0.39 is 5.92 Å². The van der Waals surface area contributed by atoms with Gasteiger partial charge in [-0.3, -0.25) is 9.59 Å². The summed E-state index contributed by atoms with van der Waals surface area (Å²) in [5.74, 6) is -0.802. The summed E-state index contributed by atoms with van der Waals surface area (Å²) in [6.07, 6.45) is 6.02. The number of hydrogen-bond donors (Lipinski definition) is 0. The first-order valence-corrected chi connectivity index (χ1v) is 8.31. The van der Waals surface area contributed by atoms with Gasteiger partial charge in [-0.05, 0) is 44.2 Å². The molecule has 22 heavy (non-hydrogen) atoms. The van der Waals surface area contributed by atoms with Gasteiger partial charge in [-0.25, -0.2) is 0 Å². The molecule has 5 heteroatoms. The molecule has 2 bridgehead atoms. The fraction of sp³-hybridized carbons (Fsp3) is 0.647. The lowest BCUT2D eigenvalue weighted by atomic mass is 9.64. The van der Waals surface area contributed by atoms with E-state index in [1.807, 2.05) is 4.90 Å². The minimum absolute atomic E-state index is 0.0122. The molecule has 1 amide bonds. The van der Waals surface area contributed by atoms with E-state index >= 15 is 0 Å². The van der Waals surface area contributed by atoms with Gasteiger partial charge in [0.1, 0.15) is 5.92 Å². The van der Waals surface area contributed by atoms with Gasteiger partial charge in [0.05, 0.1) is 12.1 Å². The smallest absolute Gasteiger partial charge is 0.318 e. The third-order valence-corrected chi connectivity index (χ3v) is 5.70. The summed E-state index contributed by atoms with van der Waals surface area (Å²) in [4.78, 5) is 27.3. The molecule has 1 aliphatic carbocycles. The highest BCUT2D eigenvalue weighted by atomic mass is 16.5. The highest BCUT2D eigenvalue weighted by Crippen LogP contribution is 2.52. The number of piperidine rings is 1. The molecule has 4 rings (SSSR count). The SMILES string of the molecule is CCOC(=O)C1C(=O)N2CCn3cccc3C23CCCC1C3. The largest absolute Gasteiger partial charge is 0.465 e. The quantitative estimate of drug-likeness (QED) is 0.619. The second-order valence-electron chi connectivity index (χ2n) is 6.69. The minimum atomic E-state index is -0.588. The van der Waals surface area contributed by atoms with Gasteiger partial charge in [0.15, 0.2) is 0 Å². The summed E-state index contributed by atoms with van der Waals surface area (Å²) < 4.78 is 7.46. The number of nitrogens with zero attached hydrogens (tertiary/aromatic N) is 2. The van der Waals surface area contributed by atoms with Crippen LogP contribution in [0.4, 0.5) is 0 Å². The van der Waals surface area contributed by atoms with Crippen molar-refractivity contribution in [3.05, 3.63) is 24.0 Å². The van der Waals surface area contributed by atoms with E-state index in [-0.39, 0.29) is 23.3 Å². The van der Waals surface area contributed by atoms with Gasteiger partial charge in [0.2, 0.25) is 5.91 Å². The van der Waals surface area contributed by atoms with E-state index in [9.17, 15) is 9.59 Å². The molecular weight excluding hydrogens is 280 g/mol. The van der Waals surface area contributed by atoms with Crippen LogP contribution in [0.2, 0.25) is 0 Å². The summed E-state index contributed by atoms with van der Waals surface area (Å²) in [7, 11) is 0. The van der Waals surface area contributed by atoms with Crippen LogP contribution in [0, 0.1) is 11.8 Å². The van der Waals surface area contributed by atoms with Crippen molar-refractivity contribution in [3.63, 3.8) is 0 Å². The maximum absolute atomic E-state index is 13.0. The van der Waals surface area contributed by atoms with Crippen LogP contribution in [-0.2, 0) is 26.4 Å². The van der Waals surface area contributed by atoms with Gasteiger partial charge < -0.3 is 14.2 Å². The van der Waals surface area contributed by atoms with Crippen molar-refractivity contribution in [1.29, 1.82) is 0 Å². The van der Waals surface area contributed by atoms with E-state index in [2.05, 4.69) is 22.9 Å². The van der Waals surface area contributed by atoms with Gasteiger partial charge in [0, 0.05) is 25.0 Å². The third kappa shape index (κ3) is 1.71. The predicted octanol–water partition coefficient (Wildman–Crippen LogP) is 1.91. The molecule has 3 heterocycles. The van der Waals surface area contributed by atoms with Crippen LogP contribution >= 0.6 is 0 Å². The number of aromatic nitrogens is 1. The standard InChI is InChI=1S/C17H22N2O3/c1-2-22-16(21)14-12-5-3-7-17(11-12)13-6-4-8-18(13)9-10-19(17)15(14)20/h4,6,8,12,14H,2-3,5,7,9-11H2,1H3. The van der Waals surface area contributed by atoms with Crippen molar-refractivity contribution < 1.29 is 14.3 Å². The molecule has 3 unspecified atom stereocenters. The van der Waals surface area contributed by atoms with Crippen LogP contribution < -0.4 is 0 Å². The lowest BCUT2D eigenvalue weighted by molar-refractivity contribution is -0.174. The Labute approximate surface area is 130 Å². The third-order valence-electron chi connectivity index (χ3n) is 5.70. The number of rotatable bonds is 2. The zero-order chi connectivity index (χ0) is 15.3. The molecule has 1 saturated heterocycles. The molecule has 3 aliphatic rings. The Bertz CT molecular complexity index is 623. The monoisotopic (exact) mass is 302 g/mol. The Balaban J connectivity index is 1.75. The Hall–Kier alpha value is -1.78. The highest BCUT2D eigenvalue weighted by molar-refractivity contribution is 5.99. The molecule has 3 atom stereocenters. The summed E-state index contributed by atoms with van der Waals surface area (Å²) in [6.45, 7) is 3.65. The van der Waals surface area contributed by atoms with Gasteiger partial charge in [-0.15, -0.1) is 0 Å². The Morgan fingerprint density at radius 3 is 3.14 bits per heavy atom. The van der Waals surface area contributed by atoms with E-state index in [0.717, 1.165) is 32.2 Å². The molecule has 1 saturated carbocycles. The second-order valence-corrected chi connectivity index (χ2v) is 6.69. The van der Waals surface area contributed by atoms with Crippen molar-refractivity contribution in [3.8, 4) is 0 Å². The van der Waals surface area contributed by atoms with Crippen LogP contribution in [0.5, 0.6) is 0 Å². The molecule has 2 aliphatic heterocycles. The molecule has 1 spiro atoms. The fourth-order valence-corrected chi connectivity index (χ4v) is 4.86. The highest BCUT2D eigenvalue weighted by Gasteiger charge is 2.57. The van der Waals surface area contributed by atoms with Gasteiger partial charge >= 0.3 is 5.97 Å². The normalized spacial score (nSPS) is 33.1. The topological polar surface area (TPSA) is 51.5 Å². The van der Waals surface area contributed by atoms with Crippen molar-refractivity contribution in [2.24, 2.45) is 11.8 Å². The van der Waals surface area contributed by atoms with Crippen molar-refractivity contribution in [2.45, 2.75) is 44.7 Å². The van der Waals surface area contributed by atoms with Crippen LogP contribution in [-0.4, -0.2) is 34.5 Å². The maximum atomic E-state index is 13.0. The number of esters is 1. The van der Waals surface area contributed by atoms with E-state index in [0.29, 0.717) is 13.2 Å². The van der Waals surface area contributed by atoms with E-state index in [4.69, 9.17) is 4.74 Å². The molecule has 0 aromatic carbocycles. The van der Waals surface area contributed by atoms with Crippen molar-refractivity contribution in [2.75, 3.05) is 13.2 Å². The summed E-state index contributed by atoms with van der Waals surface area (Å²) in [6, 6.07) is 4.21.